The normalized spacial score (nSPS) is 12.2. The second-order valence-electron chi connectivity index (χ2n) is 3.28. The summed E-state index contributed by atoms with van der Waals surface area (Å²) in [6, 6.07) is 3.34. The highest BCUT2D eigenvalue weighted by Crippen LogP contribution is 2.34. The number of carbonyl (C=O) groups excluding carboxylic acids is 1. The summed E-state index contributed by atoms with van der Waals surface area (Å²) in [5, 5.41) is 19.5. The van der Waals surface area contributed by atoms with Crippen molar-refractivity contribution in [3.05, 3.63) is 27.7 Å². The summed E-state index contributed by atoms with van der Waals surface area (Å²) in [6.07, 6.45) is -1.48. The van der Waals surface area contributed by atoms with Gasteiger partial charge in [0, 0.05) is 10.0 Å². The summed E-state index contributed by atoms with van der Waals surface area (Å²) in [7, 11) is 0. The van der Waals surface area contributed by atoms with Crippen molar-refractivity contribution in [3.8, 4) is 5.75 Å². The van der Waals surface area contributed by atoms with Crippen LogP contribution in [0.2, 0.25) is 0 Å². The van der Waals surface area contributed by atoms with Crippen molar-refractivity contribution in [2.24, 2.45) is 0 Å². The molecule has 1 aromatic rings. The number of aliphatic hydroxyl groups is 1. The van der Waals surface area contributed by atoms with Crippen molar-refractivity contribution in [1.29, 1.82) is 0 Å². The highest BCUT2D eigenvalue weighted by molar-refractivity contribution is 9.10. The molecular formula is C11H13BrO4. The highest BCUT2D eigenvalue weighted by Gasteiger charge is 2.25. The van der Waals surface area contributed by atoms with Crippen molar-refractivity contribution >= 4 is 21.9 Å². The SMILES string of the molecule is CCOC(=O)C(O)c1c(Br)ccc(C)c1O. The van der Waals surface area contributed by atoms with Gasteiger partial charge >= 0.3 is 5.97 Å². The van der Waals surface area contributed by atoms with E-state index in [9.17, 15) is 15.0 Å². The zero-order valence-electron chi connectivity index (χ0n) is 9.03. The molecule has 16 heavy (non-hydrogen) atoms. The quantitative estimate of drug-likeness (QED) is 0.836. The summed E-state index contributed by atoms with van der Waals surface area (Å²) in [6.45, 7) is 3.51. The number of esters is 1. The van der Waals surface area contributed by atoms with E-state index in [0.717, 1.165) is 0 Å². The molecule has 0 fully saturated rings. The minimum absolute atomic E-state index is 0.102. The van der Waals surface area contributed by atoms with Crippen molar-refractivity contribution in [2.75, 3.05) is 6.61 Å². The van der Waals surface area contributed by atoms with Crippen LogP contribution in [0, 0.1) is 6.92 Å². The number of benzene rings is 1. The lowest BCUT2D eigenvalue weighted by Crippen LogP contribution is -2.16. The van der Waals surface area contributed by atoms with Crippen LogP contribution in [0.25, 0.3) is 0 Å². The lowest BCUT2D eigenvalue weighted by Gasteiger charge is -2.14. The van der Waals surface area contributed by atoms with Crippen molar-refractivity contribution in [1.82, 2.24) is 0 Å². The van der Waals surface area contributed by atoms with E-state index >= 15 is 0 Å². The number of hydrogen-bond donors (Lipinski definition) is 2. The Hall–Kier alpha value is -1.07. The Morgan fingerprint density at radius 3 is 2.75 bits per heavy atom. The summed E-state index contributed by atoms with van der Waals surface area (Å²) < 4.78 is 5.16. The Kier molecular flexibility index (Phi) is 4.32. The second kappa shape index (κ2) is 5.32. The summed E-state index contributed by atoms with van der Waals surface area (Å²) in [5.74, 6) is -0.876. The van der Waals surface area contributed by atoms with Crippen LogP contribution in [0.5, 0.6) is 5.75 Å². The van der Waals surface area contributed by atoms with Gasteiger partial charge in [0.2, 0.25) is 0 Å². The number of halogens is 1. The van der Waals surface area contributed by atoms with E-state index in [4.69, 9.17) is 0 Å². The number of ether oxygens (including phenoxy) is 1. The molecule has 5 heteroatoms. The van der Waals surface area contributed by atoms with Crippen LogP contribution in [-0.2, 0) is 9.53 Å². The van der Waals surface area contributed by atoms with Gasteiger partial charge in [0.1, 0.15) is 5.75 Å². The average molecular weight is 289 g/mol. The minimum atomic E-state index is -1.48. The molecule has 0 saturated carbocycles. The first-order chi connectivity index (χ1) is 7.49. The molecule has 1 aromatic carbocycles. The van der Waals surface area contributed by atoms with Gasteiger partial charge in [0.05, 0.1) is 6.61 Å². The second-order valence-corrected chi connectivity index (χ2v) is 4.14. The third-order valence-corrected chi connectivity index (χ3v) is 2.84. The predicted octanol–water partition coefficient (Wildman–Crippen LogP) is 2.06. The van der Waals surface area contributed by atoms with Crippen molar-refractivity contribution < 1.29 is 19.7 Å². The molecule has 0 aromatic heterocycles. The van der Waals surface area contributed by atoms with Crippen LogP contribution in [0.1, 0.15) is 24.2 Å². The molecule has 4 nitrogen and oxygen atoms in total. The molecule has 0 aliphatic rings. The topological polar surface area (TPSA) is 66.8 Å². The molecule has 0 aliphatic carbocycles. The number of aliphatic hydroxyl groups excluding tert-OH is 1. The molecular weight excluding hydrogens is 276 g/mol. The summed E-state index contributed by atoms with van der Waals surface area (Å²) in [4.78, 5) is 11.4. The molecule has 0 radical (unpaired) electrons. The van der Waals surface area contributed by atoms with Crippen molar-refractivity contribution in [3.63, 3.8) is 0 Å². The number of phenolic OH excluding ortho intramolecular Hbond substituents is 1. The van der Waals surface area contributed by atoms with Crippen LogP contribution < -0.4 is 0 Å². The smallest absolute Gasteiger partial charge is 0.339 e. The van der Waals surface area contributed by atoms with Crippen LogP contribution in [0.4, 0.5) is 0 Å². The average Bonchev–Trinajstić information content (AvgIpc) is 2.24. The fourth-order valence-electron chi connectivity index (χ4n) is 1.29. The van der Waals surface area contributed by atoms with E-state index < -0.39 is 12.1 Å². The van der Waals surface area contributed by atoms with Crippen LogP contribution >= 0.6 is 15.9 Å². The first kappa shape index (κ1) is 13.0. The number of aromatic hydroxyl groups is 1. The Balaban J connectivity index is 3.12. The highest BCUT2D eigenvalue weighted by atomic mass is 79.9. The van der Waals surface area contributed by atoms with Crippen LogP contribution in [0.15, 0.2) is 16.6 Å². The van der Waals surface area contributed by atoms with Gasteiger partial charge in [-0.3, -0.25) is 0 Å². The Bertz CT molecular complexity index is 403. The fraction of sp³-hybridized carbons (Fsp3) is 0.364. The van der Waals surface area contributed by atoms with Crippen LogP contribution in [0.3, 0.4) is 0 Å². The standard InChI is InChI=1S/C11H13BrO4/c1-3-16-11(15)10(14)8-7(12)5-4-6(2)9(8)13/h4-5,10,13-14H,3H2,1-2H3. The van der Waals surface area contributed by atoms with Gasteiger partial charge in [-0.2, -0.15) is 0 Å². The predicted molar refractivity (Wildman–Crippen MR) is 62.1 cm³/mol. The first-order valence-corrected chi connectivity index (χ1v) is 5.61. The number of phenols is 1. The van der Waals surface area contributed by atoms with E-state index in [2.05, 4.69) is 20.7 Å². The maximum absolute atomic E-state index is 11.4. The minimum Gasteiger partial charge on any atom is -0.507 e. The Morgan fingerprint density at radius 1 is 1.56 bits per heavy atom. The Labute approximate surface area is 102 Å². The molecule has 0 spiro atoms. The van der Waals surface area contributed by atoms with E-state index in [1.807, 2.05) is 0 Å². The fourth-order valence-corrected chi connectivity index (χ4v) is 1.83. The maximum atomic E-state index is 11.4. The number of aryl methyl sites for hydroxylation is 1. The van der Waals surface area contributed by atoms with Crippen molar-refractivity contribution in [2.45, 2.75) is 20.0 Å². The molecule has 1 atom stereocenters. The zero-order chi connectivity index (χ0) is 12.3. The lowest BCUT2D eigenvalue weighted by molar-refractivity contribution is -0.153. The monoisotopic (exact) mass is 288 g/mol. The Morgan fingerprint density at radius 2 is 2.19 bits per heavy atom. The number of hydrogen-bond acceptors (Lipinski definition) is 4. The van der Waals surface area contributed by atoms with Gasteiger partial charge in [-0.1, -0.05) is 22.0 Å². The van der Waals surface area contributed by atoms with E-state index in [-0.39, 0.29) is 17.9 Å². The molecule has 0 heterocycles. The van der Waals surface area contributed by atoms with E-state index in [0.29, 0.717) is 10.0 Å². The largest absolute Gasteiger partial charge is 0.507 e. The van der Waals surface area contributed by atoms with E-state index in [1.54, 1.807) is 26.0 Å². The molecule has 0 saturated heterocycles. The van der Waals surface area contributed by atoms with Gasteiger partial charge in [-0.25, -0.2) is 4.79 Å². The molecule has 1 unspecified atom stereocenters. The zero-order valence-corrected chi connectivity index (χ0v) is 10.6. The molecule has 2 N–H and O–H groups in total. The molecule has 88 valence electrons. The molecule has 0 aliphatic heterocycles. The molecule has 1 rings (SSSR count). The van der Waals surface area contributed by atoms with Gasteiger partial charge in [-0.05, 0) is 25.5 Å². The lowest BCUT2D eigenvalue weighted by atomic mass is 10.0. The third kappa shape index (κ3) is 2.54. The number of rotatable bonds is 3. The van der Waals surface area contributed by atoms with Crippen LogP contribution in [-0.4, -0.2) is 22.8 Å². The van der Waals surface area contributed by atoms with Gasteiger partial charge in [-0.15, -0.1) is 0 Å². The van der Waals surface area contributed by atoms with E-state index in [1.165, 1.54) is 0 Å². The van der Waals surface area contributed by atoms with Gasteiger partial charge in [0.15, 0.2) is 6.10 Å². The first-order valence-electron chi connectivity index (χ1n) is 4.81. The molecule has 0 bridgehead atoms. The van der Waals surface area contributed by atoms with Gasteiger partial charge < -0.3 is 14.9 Å². The summed E-state index contributed by atoms with van der Waals surface area (Å²) >= 11 is 3.17. The molecule has 0 amide bonds. The maximum Gasteiger partial charge on any atom is 0.339 e. The van der Waals surface area contributed by atoms with Gasteiger partial charge in [0.25, 0.3) is 0 Å². The number of carbonyl (C=O) groups is 1. The summed E-state index contributed by atoms with van der Waals surface area (Å²) in [5.41, 5.74) is 0.722. The third-order valence-electron chi connectivity index (χ3n) is 2.15.